The number of phosphoric ester groups is 2. The van der Waals surface area contributed by atoms with Gasteiger partial charge in [-0.15, -0.1) is 0 Å². The van der Waals surface area contributed by atoms with E-state index in [0.29, 0.717) is 25.7 Å². The second-order valence-corrected chi connectivity index (χ2v) is 32.8. The third kappa shape index (κ3) is 69.8. The lowest BCUT2D eigenvalue weighted by Crippen LogP contribution is -2.30. The van der Waals surface area contributed by atoms with Crippen LogP contribution in [-0.2, 0) is 65.4 Å². The van der Waals surface area contributed by atoms with Gasteiger partial charge in [0.05, 0.1) is 26.4 Å². The topological polar surface area (TPSA) is 237 Å². The fourth-order valence-electron chi connectivity index (χ4n) is 12.0. The number of unbranched alkanes of at least 4 members (excludes halogenated alkanes) is 40. The maximum atomic E-state index is 13.1. The van der Waals surface area contributed by atoms with E-state index in [0.717, 1.165) is 120 Å². The van der Waals surface area contributed by atoms with E-state index < -0.39 is 97.5 Å². The van der Waals surface area contributed by atoms with Crippen LogP contribution in [-0.4, -0.2) is 96.7 Å². The molecule has 19 heteroatoms. The fraction of sp³-hybridized carbons (Fsp3) is 0.949. The van der Waals surface area contributed by atoms with Crippen LogP contribution in [0.4, 0.5) is 0 Å². The molecule has 0 spiro atoms. The van der Waals surface area contributed by atoms with Gasteiger partial charge in [0, 0.05) is 25.7 Å². The zero-order valence-electron chi connectivity index (χ0n) is 64.4. The van der Waals surface area contributed by atoms with Gasteiger partial charge in [0.2, 0.25) is 0 Å². The average molecular weight is 1440 g/mol. The summed E-state index contributed by atoms with van der Waals surface area (Å²) in [4.78, 5) is 72.9. The van der Waals surface area contributed by atoms with Crippen LogP contribution >= 0.6 is 15.6 Å². The van der Waals surface area contributed by atoms with Crippen molar-refractivity contribution in [1.29, 1.82) is 0 Å². The average Bonchev–Trinajstić information content (AvgIpc) is 0.963. The second-order valence-electron chi connectivity index (χ2n) is 29.9. The molecule has 0 aliphatic rings. The highest BCUT2D eigenvalue weighted by Gasteiger charge is 2.30. The highest BCUT2D eigenvalue weighted by atomic mass is 31.2. The molecule has 0 radical (unpaired) electrons. The van der Waals surface area contributed by atoms with Crippen molar-refractivity contribution in [1.82, 2.24) is 0 Å². The van der Waals surface area contributed by atoms with Crippen molar-refractivity contribution in [3.05, 3.63) is 0 Å². The fourth-order valence-corrected chi connectivity index (χ4v) is 13.6. The summed E-state index contributed by atoms with van der Waals surface area (Å²) >= 11 is 0. The molecule has 4 unspecified atom stereocenters. The molecule has 0 amide bonds. The zero-order valence-corrected chi connectivity index (χ0v) is 66.2. The van der Waals surface area contributed by atoms with E-state index in [1.54, 1.807) is 0 Å². The number of carbonyl (C=O) groups excluding carboxylic acids is 4. The van der Waals surface area contributed by atoms with Crippen molar-refractivity contribution < 1.29 is 80.2 Å². The molecular weight excluding hydrogens is 1280 g/mol. The first-order valence-corrected chi connectivity index (χ1v) is 43.8. The van der Waals surface area contributed by atoms with Crippen molar-refractivity contribution >= 4 is 39.5 Å². The lowest BCUT2D eigenvalue weighted by molar-refractivity contribution is -0.161. The number of esters is 4. The number of aliphatic hydroxyl groups excluding tert-OH is 1. The quantitative estimate of drug-likeness (QED) is 0.0222. The first-order valence-electron chi connectivity index (χ1n) is 40.8. The molecule has 0 aliphatic carbocycles. The van der Waals surface area contributed by atoms with E-state index in [4.69, 9.17) is 37.0 Å². The normalized spacial score (nSPS) is 14.6. The molecule has 3 N–H and O–H groups in total. The van der Waals surface area contributed by atoms with Crippen LogP contribution in [0.2, 0.25) is 0 Å². The number of phosphoric acid groups is 2. The number of rotatable bonds is 76. The van der Waals surface area contributed by atoms with Crippen molar-refractivity contribution in [3.63, 3.8) is 0 Å². The summed E-state index contributed by atoms with van der Waals surface area (Å²) in [6, 6.07) is 0. The molecule has 0 saturated carbocycles. The van der Waals surface area contributed by atoms with Gasteiger partial charge in [0.1, 0.15) is 19.3 Å². The van der Waals surface area contributed by atoms with Gasteiger partial charge >= 0.3 is 39.5 Å². The van der Waals surface area contributed by atoms with Gasteiger partial charge in [-0.1, -0.05) is 351 Å². The third-order valence-electron chi connectivity index (χ3n) is 19.0. The standard InChI is InChI=1S/C79H154O17P2/c1-9-71(7)57-49-41-33-27-23-24-30-36-46-54-62-79(84)95-74(65-89-76(81)59-51-43-34-28-21-16-14-12-11-13-15-19-25-31-39-47-55-69(3)4)67-93-97(85,86)91-63-73(80)64-92-98(87,88)94-68-75(66-90-77(82)60-52-44-38-37-42-50-58-72(8)10-2)96-78(83)61-53-45-35-29-22-18-17-20-26-32-40-48-56-70(5)6/h69-75,80H,9-68H2,1-8H3,(H,85,86)(H,87,88)/t71?,72?,73-,74-,75-/m1/s1. The molecule has 0 aromatic carbocycles. The van der Waals surface area contributed by atoms with E-state index in [-0.39, 0.29) is 25.7 Å². The second kappa shape index (κ2) is 68.2. The van der Waals surface area contributed by atoms with Gasteiger partial charge in [-0.05, 0) is 49.4 Å². The minimum absolute atomic E-state index is 0.106. The Morgan fingerprint density at radius 2 is 0.490 bits per heavy atom. The summed E-state index contributed by atoms with van der Waals surface area (Å²) in [5.74, 6) is 1.01. The molecule has 98 heavy (non-hydrogen) atoms. The van der Waals surface area contributed by atoms with Crippen molar-refractivity contribution in [2.75, 3.05) is 39.6 Å². The highest BCUT2D eigenvalue weighted by Crippen LogP contribution is 2.45. The number of ether oxygens (including phenoxy) is 4. The Balaban J connectivity index is 5.24. The zero-order chi connectivity index (χ0) is 72.4. The maximum Gasteiger partial charge on any atom is 0.472 e. The van der Waals surface area contributed by atoms with E-state index in [2.05, 4.69) is 55.4 Å². The van der Waals surface area contributed by atoms with Gasteiger partial charge in [-0.2, -0.15) is 0 Å². The summed E-state index contributed by atoms with van der Waals surface area (Å²) in [6.45, 7) is 14.3. The number of aliphatic hydroxyl groups is 1. The first-order chi connectivity index (χ1) is 47.2. The highest BCUT2D eigenvalue weighted by molar-refractivity contribution is 7.47. The van der Waals surface area contributed by atoms with Crippen LogP contribution in [0.5, 0.6) is 0 Å². The number of carbonyl (C=O) groups is 4. The predicted octanol–water partition coefficient (Wildman–Crippen LogP) is 23.2. The minimum atomic E-state index is -4.96. The molecule has 0 saturated heterocycles. The van der Waals surface area contributed by atoms with Gasteiger partial charge in [0.15, 0.2) is 12.2 Å². The molecule has 0 bridgehead atoms. The number of hydrogen-bond acceptors (Lipinski definition) is 15. The molecular formula is C79H154O17P2. The largest absolute Gasteiger partial charge is 0.472 e. The molecule has 7 atom stereocenters. The Morgan fingerprint density at radius 1 is 0.286 bits per heavy atom. The van der Waals surface area contributed by atoms with Crippen LogP contribution in [0, 0.1) is 23.7 Å². The molecule has 0 heterocycles. The van der Waals surface area contributed by atoms with Crippen molar-refractivity contribution in [2.24, 2.45) is 23.7 Å². The van der Waals surface area contributed by atoms with Crippen LogP contribution < -0.4 is 0 Å². The summed E-state index contributed by atoms with van der Waals surface area (Å²) in [7, 11) is -9.92. The summed E-state index contributed by atoms with van der Waals surface area (Å²) in [6.07, 6.45) is 54.1. The molecule has 0 aliphatic heterocycles. The molecule has 0 fully saturated rings. The first kappa shape index (κ1) is 96.1. The van der Waals surface area contributed by atoms with E-state index in [1.807, 2.05) is 0 Å². The Kier molecular flexibility index (Phi) is 66.8. The van der Waals surface area contributed by atoms with Crippen molar-refractivity contribution in [3.8, 4) is 0 Å². The summed E-state index contributed by atoms with van der Waals surface area (Å²) < 4.78 is 68.6. The Morgan fingerprint density at radius 3 is 0.724 bits per heavy atom. The van der Waals surface area contributed by atoms with Crippen LogP contribution in [0.3, 0.4) is 0 Å². The van der Waals surface area contributed by atoms with Gasteiger partial charge < -0.3 is 33.8 Å². The monoisotopic (exact) mass is 1440 g/mol. The SMILES string of the molecule is CCC(C)CCCCCCCCCCCCC(=O)O[C@H](COC(=O)CCCCCCCCCCCCCCCCCCC(C)C)COP(=O)(O)OC[C@@H](O)COP(=O)(O)OC[C@@H](COC(=O)CCCCCCCCC(C)CC)OC(=O)CCCCCCCCCCCCCCC(C)C. The van der Waals surface area contributed by atoms with Crippen molar-refractivity contribution in [2.45, 2.75) is 420 Å². The van der Waals surface area contributed by atoms with E-state index in [1.165, 1.54) is 199 Å². The van der Waals surface area contributed by atoms with Gasteiger partial charge in [-0.3, -0.25) is 37.3 Å². The maximum absolute atomic E-state index is 13.1. The molecule has 0 aromatic rings. The predicted molar refractivity (Wildman–Crippen MR) is 400 cm³/mol. The van der Waals surface area contributed by atoms with Crippen LogP contribution in [0.1, 0.15) is 402 Å². The number of hydrogen-bond donors (Lipinski definition) is 3. The Hall–Kier alpha value is -1.94. The van der Waals surface area contributed by atoms with Gasteiger partial charge in [-0.25, -0.2) is 9.13 Å². The summed E-state index contributed by atoms with van der Waals surface area (Å²) in [5.41, 5.74) is 0. The molecule has 0 aromatic heterocycles. The van der Waals surface area contributed by atoms with E-state index >= 15 is 0 Å². The lowest BCUT2D eigenvalue weighted by Gasteiger charge is -2.21. The molecule has 0 rings (SSSR count). The molecule has 582 valence electrons. The smallest absolute Gasteiger partial charge is 0.462 e. The van der Waals surface area contributed by atoms with Crippen LogP contribution in [0.25, 0.3) is 0 Å². The van der Waals surface area contributed by atoms with E-state index in [9.17, 15) is 43.2 Å². The Labute approximate surface area is 600 Å². The third-order valence-corrected chi connectivity index (χ3v) is 20.9. The molecule has 17 nitrogen and oxygen atoms in total. The van der Waals surface area contributed by atoms with Gasteiger partial charge in [0.25, 0.3) is 0 Å². The lowest BCUT2D eigenvalue weighted by atomic mass is 9.99. The summed E-state index contributed by atoms with van der Waals surface area (Å²) in [5, 5.41) is 10.6. The Bertz CT molecular complexity index is 1920. The minimum Gasteiger partial charge on any atom is -0.462 e. The van der Waals surface area contributed by atoms with Crippen LogP contribution in [0.15, 0.2) is 0 Å².